The van der Waals surface area contributed by atoms with Gasteiger partial charge in [-0.2, -0.15) is 0 Å². The number of amides is 1. The number of nitrogens with one attached hydrogen (secondary N) is 1. The van der Waals surface area contributed by atoms with E-state index in [4.69, 9.17) is 4.74 Å². The van der Waals surface area contributed by atoms with E-state index in [1.54, 1.807) is 24.3 Å². The summed E-state index contributed by atoms with van der Waals surface area (Å²) in [4.78, 5) is 12.6. The van der Waals surface area contributed by atoms with E-state index in [-0.39, 0.29) is 17.5 Å². The van der Waals surface area contributed by atoms with Gasteiger partial charge in [0.2, 0.25) is 5.91 Å². The van der Waals surface area contributed by atoms with Crippen LogP contribution in [0.3, 0.4) is 0 Å². The molecule has 0 radical (unpaired) electrons. The lowest BCUT2D eigenvalue weighted by atomic mass is 9.64. The third-order valence-corrected chi connectivity index (χ3v) is 4.98. The quantitative estimate of drug-likeness (QED) is 0.711. The minimum absolute atomic E-state index is 0.0230. The molecule has 138 valence electrons. The van der Waals surface area contributed by atoms with Crippen molar-refractivity contribution in [3.05, 3.63) is 65.7 Å². The second kappa shape index (κ2) is 8.30. The summed E-state index contributed by atoms with van der Waals surface area (Å²) in [7, 11) is 0. The summed E-state index contributed by atoms with van der Waals surface area (Å²) < 4.78 is 31.5. The Balaban J connectivity index is 1.40. The Hall–Kier alpha value is -2.43. The molecule has 0 aromatic heterocycles. The van der Waals surface area contributed by atoms with E-state index in [0.29, 0.717) is 18.9 Å². The first-order valence-corrected chi connectivity index (χ1v) is 9.03. The number of benzene rings is 2. The maximum Gasteiger partial charge on any atom is 0.230 e. The normalized spacial score (nSPS) is 15.2. The fraction of sp³-hybridized carbons (Fsp3) is 0.381. The highest BCUT2D eigenvalue weighted by atomic mass is 19.1. The topological polar surface area (TPSA) is 38.3 Å². The minimum atomic E-state index is -0.502. The Labute approximate surface area is 152 Å². The Morgan fingerprint density at radius 2 is 1.58 bits per heavy atom. The van der Waals surface area contributed by atoms with Crippen molar-refractivity contribution < 1.29 is 18.3 Å². The molecular weight excluding hydrogens is 336 g/mol. The predicted octanol–water partition coefficient (Wildman–Crippen LogP) is 4.36. The largest absolute Gasteiger partial charge is 0.494 e. The van der Waals surface area contributed by atoms with E-state index in [9.17, 15) is 13.6 Å². The Bertz CT molecular complexity index is 725. The van der Waals surface area contributed by atoms with Crippen LogP contribution in [0.4, 0.5) is 8.78 Å². The molecule has 1 fully saturated rings. The lowest BCUT2D eigenvalue weighted by molar-refractivity contribution is -0.129. The molecule has 2 aromatic carbocycles. The summed E-state index contributed by atoms with van der Waals surface area (Å²) in [6.45, 7) is 1.10. The van der Waals surface area contributed by atoms with Gasteiger partial charge in [0.25, 0.3) is 0 Å². The van der Waals surface area contributed by atoms with Crippen LogP contribution in [-0.2, 0) is 10.2 Å². The highest BCUT2D eigenvalue weighted by Crippen LogP contribution is 2.43. The Morgan fingerprint density at radius 1 is 0.962 bits per heavy atom. The molecule has 3 nitrogen and oxygen atoms in total. The third kappa shape index (κ3) is 4.21. The average Bonchev–Trinajstić information content (AvgIpc) is 2.60. The lowest BCUT2D eigenvalue weighted by Crippen LogP contribution is -2.49. The van der Waals surface area contributed by atoms with Crippen molar-refractivity contribution in [2.75, 3.05) is 13.2 Å². The van der Waals surface area contributed by atoms with E-state index in [2.05, 4.69) is 5.32 Å². The average molecular weight is 359 g/mol. The number of rotatable bonds is 8. The van der Waals surface area contributed by atoms with Crippen LogP contribution in [-0.4, -0.2) is 19.1 Å². The molecule has 1 N–H and O–H groups in total. The van der Waals surface area contributed by atoms with Crippen molar-refractivity contribution >= 4 is 5.91 Å². The zero-order valence-electron chi connectivity index (χ0n) is 14.6. The molecule has 1 amide bonds. The number of unbranched alkanes of at least 4 members (excludes halogenated alkanes) is 1. The van der Waals surface area contributed by atoms with Crippen LogP contribution in [0.15, 0.2) is 48.5 Å². The van der Waals surface area contributed by atoms with Gasteiger partial charge in [-0.15, -0.1) is 0 Å². The number of carbonyl (C=O) groups excluding carboxylic acids is 1. The molecule has 0 heterocycles. The smallest absolute Gasteiger partial charge is 0.230 e. The fourth-order valence-corrected chi connectivity index (χ4v) is 3.27. The maximum atomic E-state index is 13.1. The van der Waals surface area contributed by atoms with Gasteiger partial charge >= 0.3 is 0 Å². The van der Waals surface area contributed by atoms with Gasteiger partial charge in [-0.05, 0) is 67.6 Å². The number of hydrogen-bond donors (Lipinski definition) is 1. The molecule has 0 atom stereocenters. The van der Waals surface area contributed by atoms with Gasteiger partial charge in [0, 0.05) is 6.54 Å². The third-order valence-electron chi connectivity index (χ3n) is 4.98. The van der Waals surface area contributed by atoms with E-state index < -0.39 is 5.41 Å². The van der Waals surface area contributed by atoms with Gasteiger partial charge < -0.3 is 10.1 Å². The highest BCUT2D eigenvalue weighted by Gasteiger charge is 2.45. The standard InChI is InChI=1S/C21H23F2NO2/c22-17-6-4-16(5-7-17)21(12-3-13-21)20(25)24-14-1-2-15-26-19-10-8-18(23)9-11-19/h4-11H,1-3,12-15H2,(H,24,25). The summed E-state index contributed by atoms with van der Waals surface area (Å²) >= 11 is 0. The SMILES string of the molecule is O=C(NCCCCOc1ccc(F)cc1)C1(c2ccc(F)cc2)CCC1. The second-order valence-corrected chi connectivity index (χ2v) is 6.71. The summed E-state index contributed by atoms with van der Waals surface area (Å²) in [5.74, 6) is 0.0888. The van der Waals surface area contributed by atoms with E-state index in [0.717, 1.165) is 37.7 Å². The molecule has 0 aliphatic heterocycles. The lowest BCUT2D eigenvalue weighted by Gasteiger charge is -2.40. The Kier molecular flexibility index (Phi) is 5.86. The Morgan fingerprint density at radius 3 is 2.15 bits per heavy atom. The second-order valence-electron chi connectivity index (χ2n) is 6.71. The molecule has 0 unspecified atom stereocenters. The molecule has 1 aliphatic carbocycles. The van der Waals surface area contributed by atoms with Gasteiger partial charge in [0.05, 0.1) is 12.0 Å². The van der Waals surface area contributed by atoms with Crippen molar-refractivity contribution in [2.24, 2.45) is 0 Å². The first-order chi connectivity index (χ1) is 12.6. The predicted molar refractivity (Wildman–Crippen MR) is 96.1 cm³/mol. The number of carbonyl (C=O) groups is 1. The molecule has 1 aliphatic rings. The molecule has 0 saturated heterocycles. The molecule has 1 saturated carbocycles. The van der Waals surface area contributed by atoms with Gasteiger partial charge in [-0.3, -0.25) is 4.79 Å². The van der Waals surface area contributed by atoms with Crippen LogP contribution in [0.25, 0.3) is 0 Å². The van der Waals surface area contributed by atoms with Crippen molar-refractivity contribution in [3.63, 3.8) is 0 Å². The summed E-state index contributed by atoms with van der Waals surface area (Å²) in [6.07, 6.45) is 4.21. The zero-order valence-corrected chi connectivity index (χ0v) is 14.6. The van der Waals surface area contributed by atoms with Crippen LogP contribution < -0.4 is 10.1 Å². The highest BCUT2D eigenvalue weighted by molar-refractivity contribution is 5.89. The first kappa shape index (κ1) is 18.4. The van der Waals surface area contributed by atoms with E-state index >= 15 is 0 Å². The zero-order chi connectivity index (χ0) is 18.4. The van der Waals surface area contributed by atoms with Gasteiger partial charge in [0.1, 0.15) is 17.4 Å². The molecule has 5 heteroatoms. The van der Waals surface area contributed by atoms with Crippen molar-refractivity contribution in [1.82, 2.24) is 5.32 Å². The van der Waals surface area contributed by atoms with Crippen molar-refractivity contribution in [3.8, 4) is 5.75 Å². The van der Waals surface area contributed by atoms with Crippen LogP contribution >= 0.6 is 0 Å². The van der Waals surface area contributed by atoms with E-state index in [1.165, 1.54) is 24.3 Å². The summed E-state index contributed by atoms with van der Waals surface area (Å²) in [6, 6.07) is 12.2. The molecule has 26 heavy (non-hydrogen) atoms. The summed E-state index contributed by atoms with van der Waals surface area (Å²) in [5.41, 5.74) is 0.389. The molecule has 0 spiro atoms. The molecule has 2 aromatic rings. The van der Waals surface area contributed by atoms with E-state index in [1.807, 2.05) is 0 Å². The van der Waals surface area contributed by atoms with Crippen LogP contribution in [0.1, 0.15) is 37.7 Å². The number of halogens is 2. The van der Waals surface area contributed by atoms with Gasteiger partial charge in [-0.1, -0.05) is 18.6 Å². The van der Waals surface area contributed by atoms with Crippen molar-refractivity contribution in [1.29, 1.82) is 0 Å². The molecule has 3 rings (SSSR count). The maximum absolute atomic E-state index is 13.1. The van der Waals surface area contributed by atoms with Crippen LogP contribution in [0.2, 0.25) is 0 Å². The number of hydrogen-bond acceptors (Lipinski definition) is 2. The minimum Gasteiger partial charge on any atom is -0.494 e. The van der Waals surface area contributed by atoms with Gasteiger partial charge in [0.15, 0.2) is 0 Å². The molecular formula is C21H23F2NO2. The monoisotopic (exact) mass is 359 g/mol. The first-order valence-electron chi connectivity index (χ1n) is 9.03. The van der Waals surface area contributed by atoms with Crippen LogP contribution in [0.5, 0.6) is 5.75 Å². The van der Waals surface area contributed by atoms with Gasteiger partial charge in [-0.25, -0.2) is 8.78 Å². The van der Waals surface area contributed by atoms with Crippen molar-refractivity contribution in [2.45, 2.75) is 37.5 Å². The summed E-state index contributed by atoms with van der Waals surface area (Å²) in [5, 5.41) is 3.01. The fourth-order valence-electron chi connectivity index (χ4n) is 3.27. The van der Waals surface area contributed by atoms with Crippen LogP contribution in [0, 0.1) is 11.6 Å². The number of ether oxygens (including phenoxy) is 1. The molecule has 0 bridgehead atoms.